The molecule has 2 aromatic rings. The Kier molecular flexibility index (Phi) is 6.02. The summed E-state index contributed by atoms with van der Waals surface area (Å²) in [7, 11) is 0. The van der Waals surface area contributed by atoms with Gasteiger partial charge in [0.15, 0.2) is 0 Å². The van der Waals surface area contributed by atoms with E-state index in [2.05, 4.69) is 39.4 Å². The van der Waals surface area contributed by atoms with E-state index < -0.39 is 17.8 Å². The Balaban J connectivity index is 1.34. The fourth-order valence-electron chi connectivity index (χ4n) is 4.22. The average Bonchev–Trinajstić information content (AvgIpc) is 2.80. The number of nitrogens with one attached hydrogen (secondary N) is 1. The van der Waals surface area contributed by atoms with Gasteiger partial charge in [-0.1, -0.05) is 30.4 Å². The van der Waals surface area contributed by atoms with Gasteiger partial charge in [-0.15, -0.1) is 0 Å². The van der Waals surface area contributed by atoms with E-state index in [0.717, 1.165) is 31.9 Å². The number of hydrogen-bond donors (Lipinski definition) is 1. The van der Waals surface area contributed by atoms with E-state index in [1.807, 2.05) is 36.4 Å². The fourth-order valence-corrected chi connectivity index (χ4v) is 4.22. The van der Waals surface area contributed by atoms with Crippen LogP contribution >= 0.6 is 0 Å². The molecule has 1 saturated heterocycles. The number of amides is 1. The molecule has 0 spiro atoms. The summed E-state index contributed by atoms with van der Waals surface area (Å²) in [4.78, 5) is 28.6. The van der Waals surface area contributed by atoms with Gasteiger partial charge in [-0.3, -0.25) is 4.79 Å². The molecular weight excluding hydrogens is 378 g/mol. The third-order valence-corrected chi connectivity index (χ3v) is 5.97. The van der Waals surface area contributed by atoms with Crippen molar-refractivity contribution in [2.75, 3.05) is 41.3 Å². The highest BCUT2D eigenvalue weighted by Crippen LogP contribution is 2.27. The van der Waals surface area contributed by atoms with Crippen molar-refractivity contribution in [1.29, 1.82) is 0 Å². The van der Waals surface area contributed by atoms with Crippen molar-refractivity contribution in [1.82, 2.24) is 0 Å². The van der Waals surface area contributed by atoms with Gasteiger partial charge < -0.3 is 25.0 Å². The van der Waals surface area contributed by atoms with Crippen LogP contribution in [0.2, 0.25) is 0 Å². The lowest BCUT2D eigenvalue weighted by atomic mass is 9.82. The molecule has 6 nitrogen and oxygen atoms in total. The number of anilines is 3. The summed E-state index contributed by atoms with van der Waals surface area (Å²) in [5.74, 6) is -2.79. The van der Waals surface area contributed by atoms with Crippen molar-refractivity contribution in [2.45, 2.75) is 12.8 Å². The lowest BCUT2D eigenvalue weighted by Gasteiger charge is -2.37. The first-order chi connectivity index (χ1) is 14.6. The van der Waals surface area contributed by atoms with E-state index >= 15 is 0 Å². The van der Waals surface area contributed by atoms with Crippen LogP contribution in [-0.2, 0) is 9.59 Å². The van der Waals surface area contributed by atoms with Crippen molar-refractivity contribution in [3.63, 3.8) is 0 Å². The van der Waals surface area contributed by atoms with Gasteiger partial charge in [0.25, 0.3) is 0 Å². The number of allylic oxidation sites excluding steroid dienone is 2. The number of para-hydroxylation sites is 1. The lowest BCUT2D eigenvalue weighted by molar-refractivity contribution is -0.313. The van der Waals surface area contributed by atoms with Crippen LogP contribution in [0.3, 0.4) is 0 Å². The highest BCUT2D eigenvalue weighted by Gasteiger charge is 2.29. The van der Waals surface area contributed by atoms with E-state index in [1.54, 1.807) is 6.08 Å². The third-order valence-electron chi connectivity index (χ3n) is 5.97. The van der Waals surface area contributed by atoms with Crippen LogP contribution in [0, 0.1) is 11.8 Å². The summed E-state index contributed by atoms with van der Waals surface area (Å²) in [6.07, 6.45) is 4.43. The number of carboxylic acids is 1. The zero-order valence-corrected chi connectivity index (χ0v) is 16.9. The Morgan fingerprint density at radius 1 is 0.767 bits per heavy atom. The van der Waals surface area contributed by atoms with E-state index in [0.29, 0.717) is 18.5 Å². The number of carbonyl (C=O) groups is 2. The van der Waals surface area contributed by atoms with Gasteiger partial charge >= 0.3 is 0 Å². The summed E-state index contributed by atoms with van der Waals surface area (Å²) in [5, 5.41) is 14.2. The third kappa shape index (κ3) is 4.48. The molecule has 1 N–H and O–H groups in total. The minimum absolute atomic E-state index is 0.266. The molecule has 2 aliphatic rings. The molecule has 6 heteroatoms. The molecule has 0 radical (unpaired) electrons. The first kappa shape index (κ1) is 20.0. The number of aliphatic carboxylic acids is 1. The number of benzene rings is 2. The number of carbonyl (C=O) groups excluding carboxylic acids is 2. The second-order valence-electron chi connectivity index (χ2n) is 7.82. The van der Waals surface area contributed by atoms with E-state index in [9.17, 15) is 14.7 Å². The quantitative estimate of drug-likeness (QED) is 0.774. The number of piperazine rings is 1. The fraction of sp³-hybridized carbons (Fsp3) is 0.333. The monoisotopic (exact) mass is 404 g/mol. The maximum Gasteiger partial charge on any atom is 0.228 e. The van der Waals surface area contributed by atoms with Crippen molar-refractivity contribution < 1.29 is 14.7 Å². The summed E-state index contributed by atoms with van der Waals surface area (Å²) < 4.78 is 0. The molecule has 0 unspecified atom stereocenters. The predicted octanol–water partition coefficient (Wildman–Crippen LogP) is 2.28. The first-order valence-electron chi connectivity index (χ1n) is 10.4. The zero-order valence-electron chi connectivity index (χ0n) is 16.9. The molecule has 1 aliphatic carbocycles. The van der Waals surface area contributed by atoms with Crippen LogP contribution < -0.4 is 20.2 Å². The Morgan fingerprint density at radius 3 is 1.87 bits per heavy atom. The Morgan fingerprint density at radius 2 is 1.30 bits per heavy atom. The van der Waals surface area contributed by atoms with Crippen LogP contribution in [0.25, 0.3) is 0 Å². The van der Waals surface area contributed by atoms with Gasteiger partial charge in [-0.2, -0.15) is 0 Å². The molecular formula is C24H26N3O3-. The predicted molar refractivity (Wildman–Crippen MR) is 116 cm³/mol. The first-order valence-corrected chi connectivity index (χ1v) is 10.4. The molecule has 1 fully saturated rings. The Hall–Kier alpha value is -3.28. The second-order valence-corrected chi connectivity index (χ2v) is 7.82. The topological polar surface area (TPSA) is 75.7 Å². The standard InChI is InChI=1S/C24H27N3O3/c28-23(21-8-4-5-9-22(21)24(29)30)25-18-10-12-20(13-11-18)27-16-14-26(15-17-27)19-6-2-1-3-7-19/h1-7,10-13,21-22H,8-9,14-17H2,(H,25,28)(H,29,30)/p-1/t21-,22+/m1/s1. The van der Waals surface area contributed by atoms with Crippen LogP contribution in [0.4, 0.5) is 17.1 Å². The summed E-state index contributed by atoms with van der Waals surface area (Å²) in [6, 6.07) is 18.2. The molecule has 1 amide bonds. The second kappa shape index (κ2) is 9.03. The molecule has 4 rings (SSSR count). The van der Waals surface area contributed by atoms with Crippen LogP contribution in [0.1, 0.15) is 12.8 Å². The molecule has 0 bridgehead atoms. The highest BCUT2D eigenvalue weighted by atomic mass is 16.4. The van der Waals surface area contributed by atoms with Crippen molar-refractivity contribution >= 4 is 28.9 Å². The molecule has 0 saturated carbocycles. The number of hydrogen-bond acceptors (Lipinski definition) is 5. The maximum atomic E-state index is 12.6. The zero-order chi connectivity index (χ0) is 20.9. The summed E-state index contributed by atoms with van der Waals surface area (Å²) in [5.41, 5.74) is 3.05. The van der Waals surface area contributed by atoms with E-state index in [-0.39, 0.29) is 5.91 Å². The molecule has 1 aliphatic heterocycles. The van der Waals surface area contributed by atoms with Gasteiger partial charge in [-0.05, 0) is 49.2 Å². The smallest absolute Gasteiger partial charge is 0.228 e. The molecule has 0 aromatic heterocycles. The minimum Gasteiger partial charge on any atom is -0.550 e. The van der Waals surface area contributed by atoms with Crippen LogP contribution in [0.5, 0.6) is 0 Å². The van der Waals surface area contributed by atoms with E-state index in [4.69, 9.17) is 0 Å². The summed E-state index contributed by atoms with van der Waals surface area (Å²) in [6.45, 7) is 3.79. The van der Waals surface area contributed by atoms with E-state index in [1.165, 1.54) is 5.69 Å². The normalized spacial score (nSPS) is 21.3. The molecule has 30 heavy (non-hydrogen) atoms. The highest BCUT2D eigenvalue weighted by molar-refractivity contribution is 5.95. The van der Waals surface area contributed by atoms with Crippen molar-refractivity contribution in [2.24, 2.45) is 11.8 Å². The van der Waals surface area contributed by atoms with Crippen LogP contribution in [-0.4, -0.2) is 38.1 Å². The maximum absolute atomic E-state index is 12.6. The lowest BCUT2D eigenvalue weighted by Crippen LogP contribution is -2.46. The molecule has 1 heterocycles. The Labute approximate surface area is 176 Å². The molecule has 2 aromatic carbocycles. The summed E-state index contributed by atoms with van der Waals surface area (Å²) >= 11 is 0. The number of carboxylic acid groups (broad SMARTS) is 1. The van der Waals surface area contributed by atoms with Gasteiger partial charge in [0, 0.05) is 55.1 Å². The van der Waals surface area contributed by atoms with Gasteiger partial charge in [-0.25, -0.2) is 0 Å². The molecule has 156 valence electrons. The SMILES string of the molecule is O=C([O-])[C@H]1CC=CC[C@H]1C(=O)Nc1ccc(N2CCN(c3ccccc3)CC2)cc1. The van der Waals surface area contributed by atoms with Crippen molar-refractivity contribution in [3.8, 4) is 0 Å². The largest absolute Gasteiger partial charge is 0.550 e. The number of nitrogens with zero attached hydrogens (tertiary/aromatic N) is 2. The Bertz CT molecular complexity index is 903. The molecule has 2 atom stereocenters. The average molecular weight is 404 g/mol. The van der Waals surface area contributed by atoms with Gasteiger partial charge in [0.05, 0.1) is 5.92 Å². The van der Waals surface area contributed by atoms with Crippen LogP contribution in [0.15, 0.2) is 66.7 Å². The minimum atomic E-state index is -1.16. The van der Waals surface area contributed by atoms with Gasteiger partial charge in [0.1, 0.15) is 0 Å². The number of rotatable bonds is 5. The van der Waals surface area contributed by atoms with Gasteiger partial charge in [0.2, 0.25) is 5.91 Å². The van der Waals surface area contributed by atoms with Crippen molar-refractivity contribution in [3.05, 3.63) is 66.7 Å².